The summed E-state index contributed by atoms with van der Waals surface area (Å²) in [7, 11) is 0. The molecule has 24 heavy (non-hydrogen) atoms. The number of carbonyl (C=O) groups is 2. The van der Waals surface area contributed by atoms with Crippen LogP contribution in [0, 0.1) is 13.8 Å². The molecule has 1 aromatic carbocycles. The average molecular weight is 332 g/mol. The number of nitrogens with zero attached hydrogens (tertiary/aromatic N) is 2. The monoisotopic (exact) mass is 332 g/mol. The van der Waals surface area contributed by atoms with Crippen LogP contribution in [0.15, 0.2) is 30.9 Å². The molecule has 0 radical (unpaired) electrons. The van der Waals surface area contributed by atoms with Crippen molar-refractivity contribution in [3.05, 3.63) is 42.0 Å². The lowest BCUT2D eigenvalue weighted by Gasteiger charge is -2.34. The number of aryl methyl sites for hydroxylation is 1. The molecule has 0 bridgehead atoms. The van der Waals surface area contributed by atoms with Crippen LogP contribution in [-0.4, -0.2) is 61.2 Å². The molecule has 2 rings (SSSR count). The number of hydrogen-bond donors (Lipinski definition) is 0. The second-order valence-electron chi connectivity index (χ2n) is 5.72. The number of piperazine rings is 1. The van der Waals surface area contributed by atoms with Gasteiger partial charge in [-0.2, -0.15) is 0 Å². The molecule has 1 aliphatic rings. The van der Waals surface area contributed by atoms with Gasteiger partial charge in [-0.25, -0.2) is 4.79 Å². The minimum Gasteiger partial charge on any atom is -0.483 e. The third-order valence-corrected chi connectivity index (χ3v) is 4.12. The van der Waals surface area contributed by atoms with Crippen LogP contribution in [0.3, 0.4) is 0 Å². The van der Waals surface area contributed by atoms with E-state index in [2.05, 4.69) is 6.58 Å². The maximum absolute atomic E-state index is 12.3. The Morgan fingerprint density at radius 2 is 1.83 bits per heavy atom. The zero-order valence-electron chi connectivity index (χ0n) is 14.3. The Balaban J connectivity index is 1.79. The molecule has 0 spiro atoms. The van der Waals surface area contributed by atoms with Gasteiger partial charge in [0.2, 0.25) is 0 Å². The highest BCUT2D eigenvalue weighted by Crippen LogP contribution is 2.20. The van der Waals surface area contributed by atoms with E-state index in [-0.39, 0.29) is 25.2 Å². The minimum absolute atomic E-state index is 0.00516. The van der Waals surface area contributed by atoms with Crippen molar-refractivity contribution in [1.82, 2.24) is 9.80 Å². The number of rotatable bonds is 5. The number of amides is 2. The highest BCUT2D eigenvalue weighted by molar-refractivity contribution is 5.78. The fourth-order valence-electron chi connectivity index (χ4n) is 2.47. The lowest BCUT2D eigenvalue weighted by molar-refractivity contribution is -0.134. The predicted octanol–water partition coefficient (Wildman–Crippen LogP) is 2.15. The number of ether oxygens (including phenoxy) is 2. The molecule has 1 heterocycles. The summed E-state index contributed by atoms with van der Waals surface area (Å²) in [6.45, 7) is 9.59. The van der Waals surface area contributed by atoms with Gasteiger partial charge in [-0.1, -0.05) is 24.8 Å². The van der Waals surface area contributed by atoms with Crippen molar-refractivity contribution in [2.45, 2.75) is 13.8 Å². The van der Waals surface area contributed by atoms with Crippen molar-refractivity contribution in [3.8, 4) is 5.75 Å². The molecule has 1 saturated heterocycles. The molecule has 6 heteroatoms. The van der Waals surface area contributed by atoms with Crippen molar-refractivity contribution in [2.75, 3.05) is 39.4 Å². The van der Waals surface area contributed by atoms with E-state index < -0.39 is 0 Å². The SMILES string of the molecule is C=CCOC(=O)N1CCN(C(=O)COc2cccc(C)c2C)CC1. The van der Waals surface area contributed by atoms with E-state index in [0.717, 1.165) is 16.9 Å². The summed E-state index contributed by atoms with van der Waals surface area (Å²) >= 11 is 0. The topological polar surface area (TPSA) is 59.1 Å². The fourth-order valence-corrected chi connectivity index (χ4v) is 2.47. The van der Waals surface area contributed by atoms with E-state index in [1.807, 2.05) is 32.0 Å². The normalized spacial score (nSPS) is 14.2. The van der Waals surface area contributed by atoms with Gasteiger partial charge in [-0.3, -0.25) is 4.79 Å². The van der Waals surface area contributed by atoms with E-state index >= 15 is 0 Å². The van der Waals surface area contributed by atoms with E-state index in [4.69, 9.17) is 9.47 Å². The largest absolute Gasteiger partial charge is 0.483 e. The van der Waals surface area contributed by atoms with E-state index in [1.165, 1.54) is 6.08 Å². The average Bonchev–Trinajstić information content (AvgIpc) is 2.60. The molecule has 0 saturated carbocycles. The fraction of sp³-hybridized carbons (Fsp3) is 0.444. The molecule has 0 N–H and O–H groups in total. The Labute approximate surface area is 142 Å². The zero-order valence-corrected chi connectivity index (χ0v) is 14.3. The second kappa shape index (κ2) is 8.38. The van der Waals surface area contributed by atoms with E-state index in [0.29, 0.717) is 26.2 Å². The van der Waals surface area contributed by atoms with Crippen molar-refractivity contribution in [2.24, 2.45) is 0 Å². The first-order chi connectivity index (χ1) is 11.5. The minimum atomic E-state index is -0.367. The van der Waals surface area contributed by atoms with Crippen LogP contribution in [-0.2, 0) is 9.53 Å². The van der Waals surface area contributed by atoms with Crippen LogP contribution < -0.4 is 4.74 Å². The third-order valence-electron chi connectivity index (χ3n) is 4.12. The summed E-state index contributed by atoms with van der Waals surface area (Å²) in [5, 5.41) is 0. The second-order valence-corrected chi connectivity index (χ2v) is 5.72. The Morgan fingerprint density at radius 3 is 2.50 bits per heavy atom. The quantitative estimate of drug-likeness (QED) is 0.775. The van der Waals surface area contributed by atoms with Gasteiger partial charge in [0.15, 0.2) is 6.61 Å². The van der Waals surface area contributed by atoms with Crippen LogP contribution in [0.1, 0.15) is 11.1 Å². The number of benzene rings is 1. The van der Waals surface area contributed by atoms with Crippen LogP contribution >= 0.6 is 0 Å². The van der Waals surface area contributed by atoms with Gasteiger partial charge in [0.1, 0.15) is 12.4 Å². The zero-order chi connectivity index (χ0) is 17.5. The Kier molecular flexibility index (Phi) is 6.23. The molecule has 0 aliphatic carbocycles. The van der Waals surface area contributed by atoms with E-state index in [9.17, 15) is 9.59 Å². The molecular formula is C18H24N2O4. The van der Waals surface area contributed by atoms with Crippen LogP contribution in [0.25, 0.3) is 0 Å². The summed E-state index contributed by atoms with van der Waals surface area (Å²) in [5.41, 5.74) is 2.17. The molecule has 1 aromatic rings. The van der Waals surface area contributed by atoms with Gasteiger partial charge in [0.05, 0.1) is 0 Å². The molecule has 130 valence electrons. The molecule has 6 nitrogen and oxygen atoms in total. The van der Waals surface area contributed by atoms with E-state index in [1.54, 1.807) is 9.80 Å². The Morgan fingerprint density at radius 1 is 1.17 bits per heavy atom. The van der Waals surface area contributed by atoms with Gasteiger partial charge < -0.3 is 19.3 Å². The Hall–Kier alpha value is -2.50. The first kappa shape index (κ1) is 17.8. The van der Waals surface area contributed by atoms with Crippen LogP contribution in [0.4, 0.5) is 4.79 Å². The standard InChI is InChI=1S/C18H24N2O4/c1-4-12-23-18(22)20-10-8-19(9-11-20)17(21)13-24-16-7-5-6-14(2)15(16)3/h4-7H,1,8-13H2,2-3H3. The summed E-state index contributed by atoms with van der Waals surface area (Å²) in [6.07, 6.45) is 1.16. The maximum Gasteiger partial charge on any atom is 0.410 e. The first-order valence-electron chi connectivity index (χ1n) is 8.02. The van der Waals surface area contributed by atoms with Crippen LogP contribution in [0.5, 0.6) is 5.75 Å². The van der Waals surface area contributed by atoms with Gasteiger partial charge in [0.25, 0.3) is 5.91 Å². The van der Waals surface area contributed by atoms with Crippen molar-refractivity contribution < 1.29 is 19.1 Å². The number of carbonyl (C=O) groups excluding carboxylic acids is 2. The van der Waals surface area contributed by atoms with Crippen LogP contribution in [0.2, 0.25) is 0 Å². The molecule has 0 atom stereocenters. The molecule has 1 aliphatic heterocycles. The van der Waals surface area contributed by atoms with Gasteiger partial charge in [-0.05, 0) is 31.0 Å². The summed E-state index contributed by atoms with van der Waals surface area (Å²) < 4.78 is 10.6. The summed E-state index contributed by atoms with van der Waals surface area (Å²) in [6, 6.07) is 5.79. The first-order valence-corrected chi connectivity index (χ1v) is 8.02. The molecule has 1 fully saturated rings. The Bertz CT molecular complexity index is 607. The van der Waals surface area contributed by atoms with Gasteiger partial charge in [-0.15, -0.1) is 0 Å². The molecule has 2 amide bonds. The van der Waals surface area contributed by atoms with Gasteiger partial charge in [0, 0.05) is 26.2 Å². The smallest absolute Gasteiger partial charge is 0.410 e. The lowest BCUT2D eigenvalue weighted by atomic mass is 10.1. The van der Waals surface area contributed by atoms with Gasteiger partial charge >= 0.3 is 6.09 Å². The maximum atomic E-state index is 12.3. The lowest BCUT2D eigenvalue weighted by Crippen LogP contribution is -2.51. The highest BCUT2D eigenvalue weighted by atomic mass is 16.6. The summed E-state index contributed by atoms with van der Waals surface area (Å²) in [5.74, 6) is 0.657. The number of hydrogen-bond acceptors (Lipinski definition) is 4. The molecule has 0 aromatic heterocycles. The predicted molar refractivity (Wildman–Crippen MR) is 91.1 cm³/mol. The highest BCUT2D eigenvalue weighted by Gasteiger charge is 2.25. The van der Waals surface area contributed by atoms with Crippen molar-refractivity contribution in [3.63, 3.8) is 0 Å². The molecule has 0 unspecified atom stereocenters. The summed E-state index contributed by atoms with van der Waals surface area (Å²) in [4.78, 5) is 27.3. The van der Waals surface area contributed by atoms with Crippen molar-refractivity contribution in [1.29, 1.82) is 0 Å². The van der Waals surface area contributed by atoms with Crippen molar-refractivity contribution >= 4 is 12.0 Å². The molecular weight excluding hydrogens is 308 g/mol. The third kappa shape index (κ3) is 4.50.